The van der Waals surface area contributed by atoms with Gasteiger partial charge in [-0.3, -0.25) is 9.59 Å². The van der Waals surface area contributed by atoms with Gasteiger partial charge in [0.05, 0.1) is 0 Å². The van der Waals surface area contributed by atoms with E-state index in [0.717, 1.165) is 11.1 Å². The molecule has 0 aliphatic heterocycles. The second kappa shape index (κ2) is 9.42. The predicted octanol–water partition coefficient (Wildman–Crippen LogP) is 2.14. The minimum Gasteiger partial charge on any atom is -0.347 e. The van der Waals surface area contributed by atoms with E-state index in [2.05, 4.69) is 15.0 Å². The van der Waals surface area contributed by atoms with Crippen LogP contribution in [0.3, 0.4) is 0 Å². The first kappa shape index (κ1) is 20.7. The number of halogens is 1. The molecule has 0 N–H and O–H groups in total. The Labute approximate surface area is 171 Å². The fraction of sp³-hybridized carbons (Fsp3) is 0.250. The second-order valence-electron chi connectivity index (χ2n) is 6.61. The Bertz CT molecular complexity index is 1040. The number of carbonyl (C=O) groups excluding carboxylic acids is 1. The van der Waals surface area contributed by atoms with E-state index in [1.165, 1.54) is 35.1 Å². The maximum absolute atomic E-state index is 13.1. The van der Waals surface area contributed by atoms with Crippen molar-refractivity contribution in [2.24, 2.45) is 0 Å². The number of hydrogen-bond acceptors (Lipinski definition) is 6. The number of aromatic nitrogens is 4. The van der Waals surface area contributed by atoms with Crippen LogP contribution in [0.2, 0.25) is 0 Å². The van der Waals surface area contributed by atoms with Crippen LogP contribution in [0.4, 0.5) is 4.39 Å². The minimum atomic E-state index is -0.357. The molecular formula is C20H20FN5O2S. The third-order valence-electron chi connectivity index (χ3n) is 4.12. The van der Waals surface area contributed by atoms with E-state index >= 15 is 0 Å². The summed E-state index contributed by atoms with van der Waals surface area (Å²) in [6.07, 6.45) is 6.69. The van der Waals surface area contributed by atoms with Crippen LogP contribution in [0.5, 0.6) is 0 Å². The van der Waals surface area contributed by atoms with Crippen LogP contribution >= 0.6 is 11.8 Å². The Kier molecular flexibility index (Phi) is 6.71. The lowest BCUT2D eigenvalue weighted by atomic mass is 10.1. The van der Waals surface area contributed by atoms with Crippen molar-refractivity contribution in [3.63, 3.8) is 0 Å². The molecule has 1 amide bonds. The topological polar surface area (TPSA) is 81.0 Å². The Morgan fingerprint density at radius 1 is 1.14 bits per heavy atom. The summed E-state index contributed by atoms with van der Waals surface area (Å²) < 4.78 is 14.8. The number of hydrogen-bond donors (Lipinski definition) is 0. The summed E-state index contributed by atoms with van der Waals surface area (Å²) in [5, 5.41) is 0.433. The van der Waals surface area contributed by atoms with Crippen molar-refractivity contribution >= 4 is 17.7 Å². The van der Waals surface area contributed by atoms with Crippen molar-refractivity contribution in [2.45, 2.75) is 23.9 Å². The molecule has 0 radical (unpaired) electrons. The number of rotatable bonds is 7. The maximum Gasteiger partial charge on any atom is 0.277 e. The Morgan fingerprint density at radius 3 is 2.48 bits per heavy atom. The highest BCUT2D eigenvalue weighted by molar-refractivity contribution is 7.98. The first-order valence-electron chi connectivity index (χ1n) is 8.84. The molecule has 0 spiro atoms. The molecule has 0 atom stereocenters. The molecule has 3 aromatic rings. The van der Waals surface area contributed by atoms with Crippen LogP contribution < -0.4 is 5.56 Å². The third kappa shape index (κ3) is 5.71. The zero-order valence-corrected chi connectivity index (χ0v) is 16.9. The van der Waals surface area contributed by atoms with E-state index < -0.39 is 0 Å². The number of benzene rings is 1. The highest BCUT2D eigenvalue weighted by Crippen LogP contribution is 2.21. The Hall–Kier alpha value is -3.07. The highest BCUT2D eigenvalue weighted by Gasteiger charge is 2.14. The monoisotopic (exact) mass is 413 g/mol. The molecule has 0 aliphatic carbocycles. The van der Waals surface area contributed by atoms with Gasteiger partial charge in [-0.2, -0.15) is 4.98 Å². The number of nitrogens with zero attached hydrogens (tertiary/aromatic N) is 5. The molecular weight excluding hydrogens is 393 g/mol. The van der Waals surface area contributed by atoms with E-state index in [1.54, 1.807) is 49.4 Å². The van der Waals surface area contributed by atoms with Gasteiger partial charge < -0.3 is 9.47 Å². The van der Waals surface area contributed by atoms with Crippen LogP contribution in [-0.4, -0.2) is 44.4 Å². The summed E-state index contributed by atoms with van der Waals surface area (Å²) in [6.45, 7) is 0.0598. The van der Waals surface area contributed by atoms with Crippen molar-refractivity contribution in [1.82, 2.24) is 24.4 Å². The molecule has 0 bridgehead atoms. The fourth-order valence-corrected chi connectivity index (χ4v) is 3.45. The summed E-state index contributed by atoms with van der Waals surface area (Å²) in [6, 6.07) is 6.13. The molecule has 3 rings (SSSR count). The molecule has 2 heterocycles. The molecule has 150 valence electrons. The Balaban J connectivity index is 1.88. The van der Waals surface area contributed by atoms with Gasteiger partial charge in [0, 0.05) is 50.4 Å². The summed E-state index contributed by atoms with van der Waals surface area (Å²) in [4.78, 5) is 38.4. The van der Waals surface area contributed by atoms with Crippen molar-refractivity contribution in [3.8, 4) is 0 Å². The maximum atomic E-state index is 13.1. The van der Waals surface area contributed by atoms with Gasteiger partial charge in [-0.25, -0.2) is 14.4 Å². The summed E-state index contributed by atoms with van der Waals surface area (Å²) in [5.41, 5.74) is 1.77. The molecule has 29 heavy (non-hydrogen) atoms. The standard InChI is InChI=1S/C20H20FN5O2S/c1-25(2)18(27)11-26-10-16(7-15-8-22-13-23-9-15)19(28)24-20(26)29-12-14-3-5-17(21)6-4-14/h3-6,8-10,13H,7,11-12H2,1-2H3. The van der Waals surface area contributed by atoms with E-state index in [1.807, 2.05) is 0 Å². The molecule has 0 saturated carbocycles. The van der Waals surface area contributed by atoms with Crippen LogP contribution in [0.15, 0.2) is 59.1 Å². The van der Waals surface area contributed by atoms with E-state index in [4.69, 9.17) is 0 Å². The van der Waals surface area contributed by atoms with E-state index in [0.29, 0.717) is 22.9 Å². The molecule has 2 aromatic heterocycles. The molecule has 0 aliphatic rings. The van der Waals surface area contributed by atoms with Gasteiger partial charge >= 0.3 is 0 Å². The molecule has 0 saturated heterocycles. The highest BCUT2D eigenvalue weighted by atomic mass is 32.2. The largest absolute Gasteiger partial charge is 0.347 e. The van der Waals surface area contributed by atoms with Crippen LogP contribution in [0.25, 0.3) is 0 Å². The van der Waals surface area contributed by atoms with Crippen LogP contribution in [-0.2, 0) is 23.5 Å². The number of carbonyl (C=O) groups is 1. The smallest absolute Gasteiger partial charge is 0.277 e. The van der Waals surface area contributed by atoms with Gasteiger partial charge in [0.15, 0.2) is 5.16 Å². The molecule has 9 heteroatoms. The van der Waals surface area contributed by atoms with Gasteiger partial charge in [-0.15, -0.1) is 0 Å². The van der Waals surface area contributed by atoms with Crippen molar-refractivity contribution in [1.29, 1.82) is 0 Å². The average Bonchev–Trinajstić information content (AvgIpc) is 2.71. The van der Waals surface area contributed by atoms with Gasteiger partial charge in [-0.1, -0.05) is 23.9 Å². The average molecular weight is 413 g/mol. The normalized spacial score (nSPS) is 10.7. The first-order valence-corrected chi connectivity index (χ1v) is 9.82. The lowest BCUT2D eigenvalue weighted by molar-refractivity contribution is -0.129. The van der Waals surface area contributed by atoms with Crippen molar-refractivity contribution in [2.75, 3.05) is 14.1 Å². The molecule has 1 aromatic carbocycles. The fourth-order valence-electron chi connectivity index (χ4n) is 2.53. The quantitative estimate of drug-likeness (QED) is 0.436. The number of amides is 1. The van der Waals surface area contributed by atoms with Gasteiger partial charge in [0.1, 0.15) is 18.7 Å². The third-order valence-corrected chi connectivity index (χ3v) is 5.19. The SMILES string of the molecule is CN(C)C(=O)Cn1cc(Cc2cncnc2)c(=O)nc1SCc1ccc(F)cc1. The van der Waals surface area contributed by atoms with Crippen molar-refractivity contribution < 1.29 is 9.18 Å². The zero-order chi connectivity index (χ0) is 20.8. The minimum absolute atomic E-state index is 0.0598. The number of thioether (sulfide) groups is 1. The molecule has 0 fully saturated rings. The lowest BCUT2D eigenvalue weighted by Gasteiger charge is -2.16. The van der Waals surface area contributed by atoms with Gasteiger partial charge in [0.25, 0.3) is 5.56 Å². The lowest BCUT2D eigenvalue weighted by Crippen LogP contribution is -2.29. The molecule has 0 unspecified atom stereocenters. The van der Waals surface area contributed by atoms with E-state index in [-0.39, 0.29) is 23.8 Å². The summed E-state index contributed by atoms with van der Waals surface area (Å²) >= 11 is 1.32. The van der Waals surface area contributed by atoms with Gasteiger partial charge in [-0.05, 0) is 23.3 Å². The number of likely N-dealkylation sites (N-methyl/N-ethyl adjacent to an activating group) is 1. The summed E-state index contributed by atoms with van der Waals surface area (Å²) in [5.74, 6) is 0.0713. The summed E-state index contributed by atoms with van der Waals surface area (Å²) in [7, 11) is 3.34. The van der Waals surface area contributed by atoms with Crippen molar-refractivity contribution in [3.05, 3.63) is 82.0 Å². The molecule has 7 nitrogen and oxygen atoms in total. The van der Waals surface area contributed by atoms with Crippen LogP contribution in [0.1, 0.15) is 16.7 Å². The zero-order valence-electron chi connectivity index (χ0n) is 16.1. The first-order chi connectivity index (χ1) is 13.9. The Morgan fingerprint density at radius 2 is 1.83 bits per heavy atom. The predicted molar refractivity (Wildman–Crippen MR) is 108 cm³/mol. The van der Waals surface area contributed by atoms with E-state index in [9.17, 15) is 14.0 Å². The van der Waals surface area contributed by atoms with Crippen LogP contribution in [0, 0.1) is 5.82 Å². The second-order valence-corrected chi connectivity index (χ2v) is 7.55. The van der Waals surface area contributed by atoms with Gasteiger partial charge in [0.2, 0.25) is 5.91 Å².